The summed E-state index contributed by atoms with van der Waals surface area (Å²) in [6, 6.07) is 7.92. The second-order valence-corrected chi connectivity index (χ2v) is 4.92. The summed E-state index contributed by atoms with van der Waals surface area (Å²) in [4.78, 5) is 11.8. The van der Waals surface area contributed by atoms with E-state index in [1.807, 2.05) is 24.3 Å². The molecule has 1 aliphatic rings. The van der Waals surface area contributed by atoms with E-state index < -0.39 is 0 Å². The van der Waals surface area contributed by atoms with Gasteiger partial charge in [0.1, 0.15) is 0 Å². The molecule has 0 spiro atoms. The molecule has 1 saturated heterocycles. The number of carbonyl (C=O) groups is 1. The minimum atomic E-state index is 0.0298. The van der Waals surface area contributed by atoms with Crippen molar-refractivity contribution in [2.45, 2.75) is 12.5 Å². The van der Waals surface area contributed by atoms with Crippen LogP contribution in [0.3, 0.4) is 0 Å². The molecular formula is C11H13IN2O. The van der Waals surface area contributed by atoms with Crippen molar-refractivity contribution in [3.05, 3.63) is 33.4 Å². The number of carbonyl (C=O) groups excluding carboxylic acids is 1. The zero-order valence-corrected chi connectivity index (χ0v) is 10.5. The number of hydrogen-bond acceptors (Lipinski definition) is 2. The summed E-state index contributed by atoms with van der Waals surface area (Å²) in [5.41, 5.74) is 0.744. The molecule has 0 aliphatic carbocycles. The van der Waals surface area contributed by atoms with E-state index in [4.69, 9.17) is 0 Å². The summed E-state index contributed by atoms with van der Waals surface area (Å²) in [7, 11) is 0. The number of amides is 1. The average molecular weight is 316 g/mol. The van der Waals surface area contributed by atoms with Crippen molar-refractivity contribution < 1.29 is 4.79 Å². The Kier molecular flexibility index (Phi) is 3.58. The van der Waals surface area contributed by atoms with Crippen LogP contribution in [0, 0.1) is 3.57 Å². The highest BCUT2D eigenvalue weighted by Crippen LogP contribution is 2.08. The van der Waals surface area contributed by atoms with Crippen molar-refractivity contribution in [2.75, 3.05) is 13.1 Å². The molecule has 0 radical (unpaired) electrons. The zero-order chi connectivity index (χ0) is 10.7. The van der Waals surface area contributed by atoms with Gasteiger partial charge < -0.3 is 10.6 Å². The van der Waals surface area contributed by atoms with Crippen LogP contribution in [0.4, 0.5) is 0 Å². The highest BCUT2D eigenvalue weighted by atomic mass is 127. The van der Waals surface area contributed by atoms with Gasteiger partial charge >= 0.3 is 0 Å². The van der Waals surface area contributed by atoms with Crippen LogP contribution in [0.1, 0.15) is 16.8 Å². The van der Waals surface area contributed by atoms with Gasteiger partial charge in [0, 0.05) is 21.7 Å². The maximum atomic E-state index is 11.8. The second-order valence-electron chi connectivity index (χ2n) is 3.67. The van der Waals surface area contributed by atoms with E-state index in [2.05, 4.69) is 33.2 Å². The lowest BCUT2D eigenvalue weighted by Gasteiger charge is -2.11. The van der Waals surface area contributed by atoms with E-state index in [1.54, 1.807) is 0 Å². The molecule has 1 unspecified atom stereocenters. The van der Waals surface area contributed by atoms with Crippen molar-refractivity contribution in [1.82, 2.24) is 10.6 Å². The SMILES string of the molecule is O=C(NC1CCNC1)c1cccc(I)c1. The predicted molar refractivity (Wildman–Crippen MR) is 67.9 cm³/mol. The molecule has 1 aliphatic heterocycles. The Balaban J connectivity index is 2.01. The van der Waals surface area contributed by atoms with Crippen molar-refractivity contribution in [1.29, 1.82) is 0 Å². The topological polar surface area (TPSA) is 41.1 Å². The van der Waals surface area contributed by atoms with Gasteiger partial charge in [-0.15, -0.1) is 0 Å². The summed E-state index contributed by atoms with van der Waals surface area (Å²) in [5.74, 6) is 0.0298. The minimum absolute atomic E-state index is 0.0298. The summed E-state index contributed by atoms with van der Waals surface area (Å²) < 4.78 is 1.09. The van der Waals surface area contributed by atoms with Gasteiger partial charge in [0.2, 0.25) is 0 Å². The summed E-state index contributed by atoms with van der Waals surface area (Å²) in [6.45, 7) is 1.88. The Morgan fingerprint density at radius 3 is 3.07 bits per heavy atom. The van der Waals surface area contributed by atoms with Crippen LogP contribution < -0.4 is 10.6 Å². The number of nitrogens with one attached hydrogen (secondary N) is 2. The van der Waals surface area contributed by atoms with E-state index in [1.165, 1.54) is 0 Å². The van der Waals surface area contributed by atoms with Gasteiger partial charge in [-0.3, -0.25) is 4.79 Å². The van der Waals surface area contributed by atoms with Crippen LogP contribution in [-0.2, 0) is 0 Å². The Labute approximate surface area is 103 Å². The van der Waals surface area contributed by atoms with Crippen LogP contribution in [0.5, 0.6) is 0 Å². The first-order valence-electron chi connectivity index (χ1n) is 5.03. The van der Waals surface area contributed by atoms with Crippen molar-refractivity contribution in [3.8, 4) is 0 Å². The minimum Gasteiger partial charge on any atom is -0.348 e. The average Bonchev–Trinajstić information content (AvgIpc) is 2.70. The number of rotatable bonds is 2. The Hall–Kier alpha value is -0.620. The standard InChI is InChI=1S/C11H13IN2O/c12-9-3-1-2-8(6-9)11(15)14-10-4-5-13-7-10/h1-3,6,10,13H,4-5,7H2,(H,14,15). The first kappa shape index (κ1) is 10.9. The second kappa shape index (κ2) is 4.94. The van der Waals surface area contributed by atoms with Crippen molar-refractivity contribution >= 4 is 28.5 Å². The molecule has 80 valence electrons. The third kappa shape index (κ3) is 2.92. The third-order valence-corrected chi connectivity index (χ3v) is 3.15. The van der Waals surface area contributed by atoms with Crippen LogP contribution in [0.25, 0.3) is 0 Å². The van der Waals surface area contributed by atoms with Gasteiger partial charge in [-0.25, -0.2) is 0 Å². The van der Waals surface area contributed by atoms with Crippen LogP contribution in [0.2, 0.25) is 0 Å². The maximum absolute atomic E-state index is 11.8. The van der Waals surface area contributed by atoms with Gasteiger partial charge in [-0.1, -0.05) is 6.07 Å². The molecule has 1 amide bonds. The number of benzene rings is 1. The molecule has 1 fully saturated rings. The van der Waals surface area contributed by atoms with E-state index in [0.29, 0.717) is 0 Å². The quantitative estimate of drug-likeness (QED) is 0.810. The molecule has 1 heterocycles. The molecule has 3 nitrogen and oxygen atoms in total. The first-order chi connectivity index (χ1) is 7.25. The smallest absolute Gasteiger partial charge is 0.251 e. The summed E-state index contributed by atoms with van der Waals surface area (Å²) >= 11 is 2.21. The molecule has 1 aromatic carbocycles. The molecule has 2 rings (SSSR count). The number of hydrogen-bond donors (Lipinski definition) is 2. The van der Waals surface area contributed by atoms with Gasteiger partial charge in [0.05, 0.1) is 0 Å². The largest absolute Gasteiger partial charge is 0.348 e. The van der Waals surface area contributed by atoms with E-state index in [-0.39, 0.29) is 11.9 Å². The third-order valence-electron chi connectivity index (χ3n) is 2.48. The summed E-state index contributed by atoms with van der Waals surface area (Å²) in [5, 5.41) is 6.24. The molecular weight excluding hydrogens is 303 g/mol. The highest BCUT2D eigenvalue weighted by Gasteiger charge is 2.17. The molecule has 4 heteroatoms. The molecule has 0 aromatic heterocycles. The van der Waals surface area contributed by atoms with Gasteiger partial charge in [0.25, 0.3) is 5.91 Å². The lowest BCUT2D eigenvalue weighted by molar-refractivity contribution is 0.0940. The molecule has 2 N–H and O–H groups in total. The van der Waals surface area contributed by atoms with Crippen LogP contribution in [-0.4, -0.2) is 25.0 Å². The highest BCUT2D eigenvalue weighted by molar-refractivity contribution is 14.1. The normalized spacial score (nSPS) is 20.2. The first-order valence-corrected chi connectivity index (χ1v) is 6.11. The maximum Gasteiger partial charge on any atom is 0.251 e. The van der Waals surface area contributed by atoms with Gasteiger partial charge in [-0.05, 0) is 53.8 Å². The van der Waals surface area contributed by atoms with Crippen molar-refractivity contribution in [3.63, 3.8) is 0 Å². The van der Waals surface area contributed by atoms with Crippen LogP contribution in [0.15, 0.2) is 24.3 Å². The van der Waals surface area contributed by atoms with Gasteiger partial charge in [-0.2, -0.15) is 0 Å². The molecule has 0 bridgehead atoms. The Morgan fingerprint density at radius 2 is 2.40 bits per heavy atom. The summed E-state index contributed by atoms with van der Waals surface area (Å²) in [6.07, 6.45) is 1.02. The lowest BCUT2D eigenvalue weighted by atomic mass is 10.2. The Bertz CT molecular complexity index is 361. The van der Waals surface area contributed by atoms with Crippen LogP contribution >= 0.6 is 22.6 Å². The van der Waals surface area contributed by atoms with Gasteiger partial charge in [0.15, 0.2) is 0 Å². The fraction of sp³-hybridized carbons (Fsp3) is 0.364. The van der Waals surface area contributed by atoms with Crippen molar-refractivity contribution in [2.24, 2.45) is 0 Å². The fourth-order valence-electron chi connectivity index (χ4n) is 1.68. The monoisotopic (exact) mass is 316 g/mol. The fourth-order valence-corrected chi connectivity index (χ4v) is 2.22. The molecule has 0 saturated carbocycles. The molecule has 1 aromatic rings. The number of halogens is 1. The van der Waals surface area contributed by atoms with E-state index in [9.17, 15) is 4.79 Å². The predicted octanol–water partition coefficient (Wildman–Crippen LogP) is 1.38. The molecule has 15 heavy (non-hydrogen) atoms. The van der Waals surface area contributed by atoms with E-state index in [0.717, 1.165) is 28.6 Å². The Morgan fingerprint density at radius 1 is 1.53 bits per heavy atom. The molecule has 1 atom stereocenters. The van der Waals surface area contributed by atoms with E-state index >= 15 is 0 Å². The zero-order valence-electron chi connectivity index (χ0n) is 8.29. The lowest BCUT2D eigenvalue weighted by Crippen LogP contribution is -2.36.